The summed E-state index contributed by atoms with van der Waals surface area (Å²) in [6.45, 7) is 8.43. The van der Waals surface area contributed by atoms with E-state index in [0.717, 1.165) is 38.8 Å². The lowest BCUT2D eigenvalue weighted by atomic mass is 10.2. The number of aryl methyl sites for hydroxylation is 2. The summed E-state index contributed by atoms with van der Waals surface area (Å²) in [6, 6.07) is 11.7. The number of allylic oxidation sites excluding steroid dienone is 1. The van der Waals surface area contributed by atoms with Crippen LogP contribution in [0.5, 0.6) is 0 Å². The molecule has 0 saturated heterocycles. The first-order chi connectivity index (χ1) is 13.6. The maximum atomic E-state index is 8.90. The van der Waals surface area contributed by atoms with Gasteiger partial charge in [0, 0.05) is 23.7 Å². The Balaban J connectivity index is 1.69. The van der Waals surface area contributed by atoms with Crippen LogP contribution < -0.4 is 0 Å². The van der Waals surface area contributed by atoms with Crippen LogP contribution in [0.1, 0.15) is 28.3 Å². The first-order valence-electron chi connectivity index (χ1n) is 8.69. The molecule has 1 aromatic carbocycles. The van der Waals surface area contributed by atoms with E-state index in [0.29, 0.717) is 17.9 Å². The summed E-state index contributed by atoms with van der Waals surface area (Å²) < 4.78 is 2.07. The molecule has 0 N–H and O–H groups in total. The quantitative estimate of drug-likeness (QED) is 0.312. The van der Waals surface area contributed by atoms with Crippen LogP contribution in [0.25, 0.3) is 0 Å². The van der Waals surface area contributed by atoms with E-state index in [1.165, 1.54) is 0 Å². The van der Waals surface area contributed by atoms with Gasteiger partial charge >= 0.3 is 0 Å². The highest BCUT2D eigenvalue weighted by Crippen LogP contribution is 2.25. The number of nitriles is 1. The molecule has 0 radical (unpaired) electrons. The summed E-state index contributed by atoms with van der Waals surface area (Å²) in [4.78, 5) is 8.94. The van der Waals surface area contributed by atoms with E-state index in [4.69, 9.17) is 5.26 Å². The highest BCUT2D eigenvalue weighted by Gasteiger charge is 2.13. The van der Waals surface area contributed by atoms with Crippen LogP contribution in [0.2, 0.25) is 0 Å². The number of aromatic nitrogens is 5. The molecule has 0 fully saturated rings. The summed E-state index contributed by atoms with van der Waals surface area (Å²) in [5.74, 6) is 2.27. The van der Waals surface area contributed by atoms with Gasteiger partial charge in [0.15, 0.2) is 10.3 Å². The first-order valence-corrected chi connectivity index (χ1v) is 10.7. The van der Waals surface area contributed by atoms with Crippen LogP contribution in [0.4, 0.5) is 0 Å². The van der Waals surface area contributed by atoms with E-state index in [9.17, 15) is 0 Å². The third-order valence-corrected chi connectivity index (χ3v) is 5.73. The van der Waals surface area contributed by atoms with E-state index >= 15 is 0 Å². The van der Waals surface area contributed by atoms with Gasteiger partial charge in [-0.1, -0.05) is 41.7 Å². The van der Waals surface area contributed by atoms with Crippen molar-refractivity contribution in [2.75, 3.05) is 0 Å². The zero-order chi connectivity index (χ0) is 19.9. The average Bonchev–Trinajstić information content (AvgIpc) is 3.06. The minimum atomic E-state index is 0.640. The molecule has 8 heteroatoms. The van der Waals surface area contributed by atoms with Crippen LogP contribution in [0.3, 0.4) is 0 Å². The lowest BCUT2D eigenvalue weighted by Gasteiger charge is -2.08. The third-order valence-electron chi connectivity index (χ3n) is 3.85. The molecule has 0 unspecified atom stereocenters. The van der Waals surface area contributed by atoms with Crippen molar-refractivity contribution in [1.29, 1.82) is 5.26 Å². The minimum absolute atomic E-state index is 0.640. The maximum absolute atomic E-state index is 8.90. The Kier molecular flexibility index (Phi) is 6.85. The fraction of sp³-hybridized carbons (Fsp3) is 0.250. The van der Waals surface area contributed by atoms with Gasteiger partial charge in [-0.3, -0.25) is 0 Å². The normalized spacial score (nSPS) is 10.6. The molecule has 0 saturated carbocycles. The lowest BCUT2D eigenvalue weighted by molar-refractivity contribution is 0.700. The van der Waals surface area contributed by atoms with E-state index in [1.807, 2.05) is 50.3 Å². The monoisotopic (exact) mass is 408 g/mol. The van der Waals surface area contributed by atoms with Crippen LogP contribution >= 0.6 is 23.5 Å². The van der Waals surface area contributed by atoms with Gasteiger partial charge in [-0.15, -0.1) is 16.8 Å². The van der Waals surface area contributed by atoms with Crippen LogP contribution in [0, 0.1) is 25.2 Å². The Labute approximate surface area is 173 Å². The van der Waals surface area contributed by atoms with Gasteiger partial charge in [0.1, 0.15) is 5.82 Å². The summed E-state index contributed by atoms with van der Waals surface area (Å²) in [6.07, 6.45) is 1.84. The Bertz CT molecular complexity index is 984. The Morgan fingerprint density at radius 2 is 1.79 bits per heavy atom. The molecule has 0 spiro atoms. The van der Waals surface area contributed by atoms with E-state index in [2.05, 4.69) is 37.4 Å². The molecule has 6 nitrogen and oxygen atoms in total. The number of hydrogen-bond acceptors (Lipinski definition) is 7. The van der Waals surface area contributed by atoms with Gasteiger partial charge in [0.05, 0.1) is 17.4 Å². The van der Waals surface area contributed by atoms with Gasteiger partial charge in [0.25, 0.3) is 0 Å². The molecule has 0 bridgehead atoms. The lowest BCUT2D eigenvalue weighted by Crippen LogP contribution is -2.03. The second-order valence-electron chi connectivity index (χ2n) is 6.12. The van der Waals surface area contributed by atoms with Gasteiger partial charge in [-0.25, -0.2) is 9.97 Å². The molecular formula is C20H20N6S2. The maximum Gasteiger partial charge on any atom is 0.191 e. The fourth-order valence-corrected chi connectivity index (χ4v) is 4.37. The molecule has 142 valence electrons. The summed E-state index contributed by atoms with van der Waals surface area (Å²) >= 11 is 3.17. The molecule has 0 aliphatic rings. The number of rotatable bonds is 8. The van der Waals surface area contributed by atoms with Crippen LogP contribution in [0.15, 0.2) is 53.3 Å². The van der Waals surface area contributed by atoms with Crippen molar-refractivity contribution >= 4 is 23.5 Å². The Morgan fingerprint density at radius 1 is 1.07 bits per heavy atom. The smallest absolute Gasteiger partial charge is 0.191 e. The standard InChI is InChI=1S/C20H20N6S2/c1-4-9-26-18(13-27-19-22-14(2)10-15(3)23-19)24-25-20(26)28-12-17-7-5-16(11-21)6-8-17/h4-8,10H,1,9,12-13H2,2-3H3. The Morgan fingerprint density at radius 3 is 2.43 bits per heavy atom. The average molecular weight is 409 g/mol. The van der Waals surface area contributed by atoms with E-state index < -0.39 is 0 Å². The number of benzene rings is 1. The van der Waals surface area contributed by atoms with Crippen molar-refractivity contribution in [3.05, 3.63) is 71.3 Å². The van der Waals surface area contributed by atoms with Gasteiger partial charge in [0.2, 0.25) is 0 Å². The predicted octanol–water partition coefficient (Wildman–Crippen LogP) is 4.33. The molecule has 0 aliphatic carbocycles. The largest absolute Gasteiger partial charge is 0.301 e. The second-order valence-corrected chi connectivity index (χ2v) is 8.00. The van der Waals surface area contributed by atoms with Gasteiger partial charge < -0.3 is 4.57 Å². The summed E-state index contributed by atoms with van der Waals surface area (Å²) in [5.41, 5.74) is 3.72. The van der Waals surface area contributed by atoms with Crippen molar-refractivity contribution < 1.29 is 0 Å². The highest BCUT2D eigenvalue weighted by atomic mass is 32.2. The molecular weight excluding hydrogens is 388 g/mol. The predicted molar refractivity (Wildman–Crippen MR) is 112 cm³/mol. The molecule has 2 heterocycles. The zero-order valence-corrected chi connectivity index (χ0v) is 17.4. The SMILES string of the molecule is C=CCn1c(CSc2nc(C)cc(C)n2)nnc1SCc1ccc(C#N)cc1. The first kappa shape index (κ1) is 20.1. The number of nitrogens with zero attached hydrogens (tertiary/aromatic N) is 6. The molecule has 0 aliphatic heterocycles. The minimum Gasteiger partial charge on any atom is -0.301 e. The molecule has 28 heavy (non-hydrogen) atoms. The van der Waals surface area contributed by atoms with E-state index in [-0.39, 0.29) is 0 Å². The van der Waals surface area contributed by atoms with Crippen molar-refractivity contribution in [1.82, 2.24) is 24.7 Å². The van der Waals surface area contributed by atoms with Gasteiger partial charge in [-0.05, 0) is 37.6 Å². The van der Waals surface area contributed by atoms with Crippen LogP contribution in [-0.2, 0) is 18.1 Å². The molecule has 3 aromatic rings. The number of hydrogen-bond donors (Lipinski definition) is 0. The van der Waals surface area contributed by atoms with E-state index in [1.54, 1.807) is 23.5 Å². The van der Waals surface area contributed by atoms with Crippen LogP contribution in [-0.4, -0.2) is 24.7 Å². The zero-order valence-electron chi connectivity index (χ0n) is 15.8. The summed E-state index contributed by atoms with van der Waals surface area (Å²) in [7, 11) is 0. The van der Waals surface area contributed by atoms with Crippen molar-refractivity contribution in [3.8, 4) is 6.07 Å². The highest BCUT2D eigenvalue weighted by molar-refractivity contribution is 7.98. The Hall–Kier alpha value is -2.63. The molecule has 0 amide bonds. The van der Waals surface area contributed by atoms with Crippen molar-refractivity contribution in [2.24, 2.45) is 0 Å². The van der Waals surface area contributed by atoms with Crippen molar-refractivity contribution in [2.45, 2.75) is 42.2 Å². The molecule has 3 rings (SSSR count). The fourth-order valence-electron chi connectivity index (χ4n) is 2.56. The number of thioether (sulfide) groups is 2. The van der Waals surface area contributed by atoms with Crippen molar-refractivity contribution in [3.63, 3.8) is 0 Å². The summed E-state index contributed by atoms with van der Waals surface area (Å²) in [5, 5.41) is 19.2. The molecule has 0 atom stereocenters. The van der Waals surface area contributed by atoms with Gasteiger partial charge in [-0.2, -0.15) is 5.26 Å². The topological polar surface area (TPSA) is 80.3 Å². The molecule has 2 aromatic heterocycles. The third kappa shape index (κ3) is 5.21. The second kappa shape index (κ2) is 9.53.